The summed E-state index contributed by atoms with van der Waals surface area (Å²) in [5.74, 6) is 0.634. The molecule has 1 aromatic carbocycles. The van der Waals surface area contributed by atoms with E-state index < -0.39 is 10.0 Å². The van der Waals surface area contributed by atoms with E-state index in [1.807, 2.05) is 0 Å². The summed E-state index contributed by atoms with van der Waals surface area (Å²) in [5, 5.41) is 0.700. The van der Waals surface area contributed by atoms with Crippen molar-refractivity contribution < 1.29 is 17.2 Å². The Morgan fingerprint density at radius 3 is 2.55 bits per heavy atom. The summed E-state index contributed by atoms with van der Waals surface area (Å²) < 4.78 is 45.9. The molecule has 0 amide bonds. The molecule has 0 saturated heterocycles. The maximum Gasteiger partial charge on any atom is 0.244 e. The van der Waals surface area contributed by atoms with Gasteiger partial charge in [-0.25, -0.2) is 22.8 Å². The van der Waals surface area contributed by atoms with Crippen LogP contribution in [0.1, 0.15) is 37.8 Å². The highest BCUT2D eigenvalue weighted by Crippen LogP contribution is 2.28. The fourth-order valence-corrected chi connectivity index (χ4v) is 5.74. The standard InChI is InChI=1S/C22H24FN3O3S2/c1-26(19-5-3-2-4-6-19)31(27,28)20-11-12-21(24-13-20)30-15-18-14-29-22(25-18)16-7-9-17(23)10-8-16/h7-14,19H,2-6,15H2,1H3. The summed E-state index contributed by atoms with van der Waals surface area (Å²) in [6.45, 7) is 0. The second-order valence-electron chi connectivity index (χ2n) is 7.58. The predicted molar refractivity (Wildman–Crippen MR) is 118 cm³/mol. The molecular formula is C22H24FN3O3S2. The highest BCUT2D eigenvalue weighted by Gasteiger charge is 2.29. The number of sulfonamides is 1. The van der Waals surface area contributed by atoms with Crippen molar-refractivity contribution in [2.75, 3.05) is 7.05 Å². The van der Waals surface area contributed by atoms with Crippen LogP contribution < -0.4 is 0 Å². The molecule has 0 atom stereocenters. The number of hydrogen-bond donors (Lipinski definition) is 0. The molecule has 0 radical (unpaired) electrons. The van der Waals surface area contributed by atoms with Crippen molar-refractivity contribution in [2.45, 2.75) is 53.8 Å². The van der Waals surface area contributed by atoms with Gasteiger partial charge in [-0.1, -0.05) is 31.0 Å². The minimum atomic E-state index is -3.55. The van der Waals surface area contributed by atoms with Crippen LogP contribution in [0.15, 0.2) is 63.2 Å². The monoisotopic (exact) mass is 461 g/mol. The van der Waals surface area contributed by atoms with E-state index in [0.717, 1.165) is 31.4 Å². The van der Waals surface area contributed by atoms with Crippen LogP contribution in [0.2, 0.25) is 0 Å². The third-order valence-corrected chi connectivity index (χ3v) is 8.36. The minimum absolute atomic E-state index is 0.0651. The Kier molecular flexibility index (Phi) is 6.74. The zero-order valence-electron chi connectivity index (χ0n) is 17.2. The smallest absolute Gasteiger partial charge is 0.244 e. The topological polar surface area (TPSA) is 76.3 Å². The lowest BCUT2D eigenvalue weighted by Crippen LogP contribution is -2.38. The molecule has 31 heavy (non-hydrogen) atoms. The number of aromatic nitrogens is 2. The maximum atomic E-state index is 13.1. The molecule has 2 heterocycles. The fraction of sp³-hybridized carbons (Fsp3) is 0.364. The van der Waals surface area contributed by atoms with E-state index in [1.165, 1.54) is 40.8 Å². The maximum absolute atomic E-state index is 13.1. The molecule has 0 spiro atoms. The summed E-state index contributed by atoms with van der Waals surface area (Å²) in [6.07, 6.45) is 8.12. The molecule has 0 bridgehead atoms. The normalized spacial score (nSPS) is 15.5. The number of oxazole rings is 1. The molecule has 0 aliphatic heterocycles. The molecule has 0 unspecified atom stereocenters. The van der Waals surface area contributed by atoms with Crippen molar-refractivity contribution in [1.82, 2.24) is 14.3 Å². The van der Waals surface area contributed by atoms with E-state index in [0.29, 0.717) is 22.2 Å². The number of nitrogens with zero attached hydrogens (tertiary/aromatic N) is 3. The summed E-state index contributed by atoms with van der Waals surface area (Å²) >= 11 is 1.44. The third kappa shape index (κ3) is 5.16. The van der Waals surface area contributed by atoms with Crippen molar-refractivity contribution >= 4 is 21.8 Å². The molecule has 4 rings (SSSR count). The highest BCUT2D eigenvalue weighted by molar-refractivity contribution is 7.98. The van der Waals surface area contributed by atoms with Crippen LogP contribution in [0.3, 0.4) is 0 Å². The number of halogens is 1. The average Bonchev–Trinajstić information content (AvgIpc) is 3.27. The Bertz CT molecular complexity index is 1110. The largest absolute Gasteiger partial charge is 0.444 e. The fourth-order valence-electron chi connectivity index (χ4n) is 3.66. The van der Waals surface area contributed by atoms with Gasteiger partial charge in [-0.15, -0.1) is 0 Å². The first-order chi connectivity index (χ1) is 14.9. The van der Waals surface area contributed by atoms with Gasteiger partial charge in [0.05, 0.1) is 10.7 Å². The van der Waals surface area contributed by atoms with Crippen LogP contribution in [0.5, 0.6) is 0 Å². The van der Waals surface area contributed by atoms with E-state index >= 15 is 0 Å². The number of rotatable bonds is 7. The number of pyridine rings is 1. The van der Waals surface area contributed by atoms with Gasteiger partial charge in [0.1, 0.15) is 17.0 Å². The van der Waals surface area contributed by atoms with Crippen molar-refractivity contribution in [3.63, 3.8) is 0 Å². The summed E-state index contributed by atoms with van der Waals surface area (Å²) in [6, 6.07) is 9.34. The van der Waals surface area contributed by atoms with Crippen molar-refractivity contribution in [3.05, 3.63) is 60.4 Å². The molecule has 3 aromatic rings. The van der Waals surface area contributed by atoms with Gasteiger partial charge in [-0.3, -0.25) is 0 Å². The molecule has 1 fully saturated rings. The lowest BCUT2D eigenvalue weighted by atomic mass is 9.96. The second-order valence-corrected chi connectivity index (χ2v) is 10.6. The van der Waals surface area contributed by atoms with Gasteiger partial charge in [-0.05, 0) is 49.2 Å². The first-order valence-corrected chi connectivity index (χ1v) is 12.6. The number of thioether (sulfide) groups is 1. The van der Waals surface area contributed by atoms with Gasteiger partial charge in [0.15, 0.2) is 0 Å². The van der Waals surface area contributed by atoms with Crippen LogP contribution in [0.25, 0.3) is 11.5 Å². The quantitative estimate of drug-likeness (QED) is 0.455. The zero-order chi connectivity index (χ0) is 21.8. The molecule has 164 valence electrons. The lowest BCUT2D eigenvalue weighted by Gasteiger charge is -2.30. The van der Waals surface area contributed by atoms with Gasteiger partial charge >= 0.3 is 0 Å². The van der Waals surface area contributed by atoms with E-state index in [9.17, 15) is 12.8 Å². The van der Waals surface area contributed by atoms with Crippen LogP contribution >= 0.6 is 11.8 Å². The molecule has 6 nitrogen and oxygen atoms in total. The first kappa shape index (κ1) is 22.0. The number of hydrogen-bond acceptors (Lipinski definition) is 6. The van der Waals surface area contributed by atoms with Crippen molar-refractivity contribution in [3.8, 4) is 11.5 Å². The molecule has 1 aliphatic carbocycles. The van der Waals surface area contributed by atoms with Gasteiger partial charge in [0, 0.05) is 30.6 Å². The predicted octanol–water partition coefficient (Wildman–Crippen LogP) is 5.12. The van der Waals surface area contributed by atoms with Crippen LogP contribution in [0.4, 0.5) is 4.39 Å². The molecule has 9 heteroatoms. The molecule has 0 N–H and O–H groups in total. The van der Waals surface area contributed by atoms with E-state index in [4.69, 9.17) is 4.42 Å². The average molecular weight is 462 g/mol. The second kappa shape index (κ2) is 9.50. The van der Waals surface area contributed by atoms with Gasteiger partial charge in [-0.2, -0.15) is 4.31 Å². The van der Waals surface area contributed by atoms with Gasteiger partial charge < -0.3 is 4.42 Å². The highest BCUT2D eigenvalue weighted by atomic mass is 32.2. The Labute approximate surface area is 186 Å². The summed E-state index contributed by atoms with van der Waals surface area (Å²) in [5.41, 5.74) is 1.42. The van der Waals surface area contributed by atoms with E-state index in [2.05, 4.69) is 9.97 Å². The third-order valence-electron chi connectivity index (χ3n) is 5.49. The van der Waals surface area contributed by atoms with Gasteiger partial charge in [0.2, 0.25) is 15.9 Å². The Morgan fingerprint density at radius 1 is 1.13 bits per heavy atom. The molecule has 2 aromatic heterocycles. The van der Waals surface area contributed by atoms with Gasteiger partial charge in [0.25, 0.3) is 0 Å². The van der Waals surface area contributed by atoms with Crippen molar-refractivity contribution in [1.29, 1.82) is 0 Å². The van der Waals surface area contributed by atoms with E-state index in [1.54, 1.807) is 37.6 Å². The Morgan fingerprint density at radius 2 is 1.87 bits per heavy atom. The van der Waals surface area contributed by atoms with Crippen molar-refractivity contribution in [2.24, 2.45) is 0 Å². The Balaban J connectivity index is 1.38. The minimum Gasteiger partial charge on any atom is -0.444 e. The molecule has 1 aliphatic rings. The number of benzene rings is 1. The summed E-state index contributed by atoms with van der Waals surface area (Å²) in [4.78, 5) is 8.95. The van der Waals surface area contributed by atoms with Crippen LogP contribution in [0, 0.1) is 5.82 Å². The zero-order valence-corrected chi connectivity index (χ0v) is 18.8. The van der Waals surface area contributed by atoms with E-state index in [-0.39, 0.29) is 16.8 Å². The lowest BCUT2D eigenvalue weighted by molar-refractivity contribution is 0.285. The van der Waals surface area contributed by atoms with Crippen LogP contribution in [-0.2, 0) is 15.8 Å². The molecule has 1 saturated carbocycles. The Hall–Kier alpha value is -2.23. The SMILES string of the molecule is CN(C1CCCCC1)S(=O)(=O)c1ccc(SCc2coc(-c3ccc(F)cc3)n2)nc1. The first-order valence-electron chi connectivity index (χ1n) is 10.2. The summed E-state index contributed by atoms with van der Waals surface area (Å²) in [7, 11) is -1.88. The molecular weight excluding hydrogens is 437 g/mol. The van der Waals surface area contributed by atoms with Crippen LogP contribution in [-0.4, -0.2) is 35.8 Å².